The predicted octanol–water partition coefficient (Wildman–Crippen LogP) is 2.53. The Labute approximate surface area is 170 Å². The monoisotopic (exact) mass is 398 g/mol. The minimum Gasteiger partial charge on any atom is -0.389 e. The van der Waals surface area contributed by atoms with E-state index in [-0.39, 0.29) is 17.8 Å². The van der Waals surface area contributed by atoms with Gasteiger partial charge in [0.1, 0.15) is 11.6 Å². The molecule has 0 radical (unpaired) electrons. The predicted molar refractivity (Wildman–Crippen MR) is 109 cm³/mol. The summed E-state index contributed by atoms with van der Waals surface area (Å²) in [6, 6.07) is 2.97. The van der Waals surface area contributed by atoms with Crippen LogP contribution in [-0.4, -0.2) is 44.7 Å². The molecule has 0 saturated carbocycles. The topological polar surface area (TPSA) is 70.4 Å². The number of likely N-dealkylation sites (tertiary alicyclic amines) is 1. The molecule has 154 valence electrons. The van der Waals surface area contributed by atoms with Crippen LogP contribution in [-0.2, 0) is 11.3 Å². The fraction of sp³-hybridized carbons (Fsp3) is 0.455. The lowest BCUT2D eigenvalue weighted by Crippen LogP contribution is -2.54. The maximum absolute atomic E-state index is 13.6. The van der Waals surface area contributed by atoms with Crippen LogP contribution in [0, 0.1) is 33.5 Å². The number of hydrogen-bond donors (Lipinski definition) is 2. The highest BCUT2D eigenvalue weighted by Crippen LogP contribution is 2.31. The summed E-state index contributed by atoms with van der Waals surface area (Å²) in [5.41, 5.74) is 5.52. The Hall–Kier alpha value is -2.51. The lowest BCUT2D eigenvalue weighted by Gasteiger charge is -2.37. The van der Waals surface area contributed by atoms with Gasteiger partial charge in [0.15, 0.2) is 0 Å². The highest BCUT2D eigenvalue weighted by Gasteiger charge is 2.34. The fourth-order valence-corrected chi connectivity index (χ4v) is 4.16. The molecule has 1 aromatic heterocycles. The number of aliphatic hydroxyl groups excluding tert-OH is 1. The summed E-state index contributed by atoms with van der Waals surface area (Å²) in [5.74, 6) is 0.626. The first kappa shape index (κ1) is 19.8. The second-order valence-electron chi connectivity index (χ2n) is 8.18. The molecular weight excluding hydrogens is 371 g/mol. The van der Waals surface area contributed by atoms with E-state index in [1.54, 1.807) is 17.0 Å². The van der Waals surface area contributed by atoms with E-state index in [0.29, 0.717) is 31.6 Å². The van der Waals surface area contributed by atoms with Crippen molar-refractivity contribution < 1.29 is 14.3 Å². The van der Waals surface area contributed by atoms with Gasteiger partial charge < -0.3 is 19.9 Å². The molecule has 7 heteroatoms. The Kier molecular flexibility index (Phi) is 5.04. The number of nitrogens with zero attached hydrogens (tertiary/aromatic N) is 3. The molecule has 1 amide bonds. The first-order valence-corrected chi connectivity index (χ1v) is 9.97. The molecule has 2 aliphatic heterocycles. The van der Waals surface area contributed by atoms with Crippen molar-refractivity contribution in [1.82, 2.24) is 19.8 Å². The van der Waals surface area contributed by atoms with E-state index >= 15 is 0 Å². The number of imidazole rings is 1. The van der Waals surface area contributed by atoms with Gasteiger partial charge in [0.05, 0.1) is 17.8 Å². The number of nitrogens with one attached hydrogen (secondary N) is 1. The quantitative estimate of drug-likeness (QED) is 0.830. The van der Waals surface area contributed by atoms with E-state index in [2.05, 4.69) is 5.32 Å². The van der Waals surface area contributed by atoms with E-state index in [0.717, 1.165) is 33.9 Å². The van der Waals surface area contributed by atoms with E-state index in [4.69, 9.17) is 4.98 Å². The number of β-amino-alcohol motifs (C(OH)–C–C–N with tert-alkyl or cyclic N) is 1. The minimum absolute atomic E-state index is 0.0346. The molecule has 3 heterocycles. The molecule has 1 fully saturated rings. The van der Waals surface area contributed by atoms with Crippen LogP contribution in [0.3, 0.4) is 0 Å². The average Bonchev–Trinajstić information content (AvgIpc) is 2.92. The van der Waals surface area contributed by atoms with Gasteiger partial charge in [0.25, 0.3) is 5.91 Å². The minimum atomic E-state index is -0.422. The first-order chi connectivity index (χ1) is 13.7. The van der Waals surface area contributed by atoms with Gasteiger partial charge in [-0.25, -0.2) is 9.37 Å². The van der Waals surface area contributed by atoms with Crippen LogP contribution >= 0.6 is 0 Å². The van der Waals surface area contributed by atoms with Crippen molar-refractivity contribution >= 4 is 12.1 Å². The molecule has 1 saturated heterocycles. The van der Waals surface area contributed by atoms with E-state index in [9.17, 15) is 14.3 Å². The van der Waals surface area contributed by atoms with Crippen molar-refractivity contribution in [3.8, 4) is 0 Å². The molecule has 29 heavy (non-hydrogen) atoms. The smallest absolute Gasteiger partial charge is 0.251 e. The summed E-state index contributed by atoms with van der Waals surface area (Å²) in [6.07, 6.45) is 1.99. The van der Waals surface area contributed by atoms with Crippen LogP contribution in [0.25, 0.3) is 6.20 Å². The molecule has 4 rings (SSSR count). The van der Waals surface area contributed by atoms with Gasteiger partial charge in [-0.2, -0.15) is 0 Å². The lowest BCUT2D eigenvalue weighted by atomic mass is 9.98. The highest BCUT2D eigenvalue weighted by atomic mass is 19.1. The van der Waals surface area contributed by atoms with E-state index < -0.39 is 6.10 Å². The summed E-state index contributed by atoms with van der Waals surface area (Å²) < 4.78 is 15.6. The third-order valence-electron chi connectivity index (χ3n) is 6.04. The lowest BCUT2D eigenvalue weighted by molar-refractivity contribution is -0.137. The van der Waals surface area contributed by atoms with Gasteiger partial charge >= 0.3 is 0 Å². The molecule has 1 aromatic carbocycles. The number of rotatable bonds is 4. The zero-order chi connectivity index (χ0) is 20.9. The van der Waals surface area contributed by atoms with Crippen LogP contribution < -0.4 is 5.32 Å². The molecule has 2 aliphatic rings. The molecule has 1 unspecified atom stereocenters. The fourth-order valence-electron chi connectivity index (χ4n) is 4.16. The third-order valence-corrected chi connectivity index (χ3v) is 6.04. The number of aliphatic hydroxyl groups is 1. The standard InChI is InChI=1S/C22H27FN4O2/c1-12-5-17(23)6-13(2)19(12)8-24-20-7-16(22(29)26-10-18(28)11-26)9-27-15(4)14(3)25-21(20)27/h5-6,9,18,20,24,28H,7-8,10-11H2,1-4H3. The van der Waals surface area contributed by atoms with Crippen LogP contribution in [0.1, 0.15) is 46.4 Å². The van der Waals surface area contributed by atoms with E-state index in [1.165, 1.54) is 0 Å². The van der Waals surface area contributed by atoms with Gasteiger partial charge in [-0.05, 0) is 56.5 Å². The summed E-state index contributed by atoms with van der Waals surface area (Å²) in [5, 5.41) is 13.1. The number of amides is 1. The molecule has 6 nitrogen and oxygen atoms in total. The highest BCUT2D eigenvalue weighted by molar-refractivity contribution is 5.97. The summed E-state index contributed by atoms with van der Waals surface area (Å²) in [4.78, 5) is 19.3. The van der Waals surface area contributed by atoms with Crippen LogP contribution in [0.5, 0.6) is 0 Å². The Morgan fingerprint density at radius 3 is 2.52 bits per heavy atom. The number of benzene rings is 1. The third kappa shape index (κ3) is 3.60. The normalized spacial score (nSPS) is 19.0. The zero-order valence-electron chi connectivity index (χ0n) is 17.3. The average molecular weight is 398 g/mol. The number of carbonyl (C=O) groups excluding carboxylic acids is 1. The molecule has 2 aromatic rings. The SMILES string of the molecule is Cc1cc(F)cc(C)c1CNC1CC(C(=O)N2CC(O)C2)=Cn2c1nc(C)c2C. The number of aromatic nitrogens is 2. The van der Waals surface area contributed by atoms with E-state index in [1.807, 2.05) is 38.5 Å². The maximum atomic E-state index is 13.6. The Balaban J connectivity index is 1.60. The summed E-state index contributed by atoms with van der Waals surface area (Å²) >= 11 is 0. The molecular formula is C22H27FN4O2. The van der Waals surface area contributed by atoms with Crippen molar-refractivity contribution in [3.63, 3.8) is 0 Å². The number of fused-ring (bicyclic) bond motifs is 1. The second-order valence-corrected chi connectivity index (χ2v) is 8.18. The first-order valence-electron chi connectivity index (χ1n) is 9.97. The maximum Gasteiger partial charge on any atom is 0.251 e. The number of halogens is 1. The number of hydrogen-bond acceptors (Lipinski definition) is 4. The zero-order valence-corrected chi connectivity index (χ0v) is 17.3. The van der Waals surface area contributed by atoms with Crippen LogP contribution in [0.4, 0.5) is 4.39 Å². The van der Waals surface area contributed by atoms with Gasteiger partial charge in [-0.15, -0.1) is 0 Å². The van der Waals surface area contributed by atoms with Crippen molar-refractivity contribution in [2.75, 3.05) is 13.1 Å². The molecule has 1 atom stereocenters. The van der Waals surface area contributed by atoms with Gasteiger partial charge in [0, 0.05) is 43.5 Å². The number of aryl methyl sites for hydroxylation is 3. The largest absolute Gasteiger partial charge is 0.389 e. The molecule has 0 spiro atoms. The van der Waals surface area contributed by atoms with Gasteiger partial charge in [0.2, 0.25) is 0 Å². The molecule has 0 aliphatic carbocycles. The number of carbonyl (C=O) groups is 1. The summed E-state index contributed by atoms with van der Waals surface area (Å²) in [7, 11) is 0. The van der Waals surface area contributed by atoms with Gasteiger partial charge in [-0.1, -0.05) is 0 Å². The van der Waals surface area contributed by atoms with Crippen molar-refractivity contribution in [2.45, 2.75) is 52.8 Å². The van der Waals surface area contributed by atoms with Crippen molar-refractivity contribution in [2.24, 2.45) is 0 Å². The Bertz CT molecular complexity index is 981. The van der Waals surface area contributed by atoms with Crippen molar-refractivity contribution in [1.29, 1.82) is 0 Å². The Morgan fingerprint density at radius 1 is 1.24 bits per heavy atom. The van der Waals surface area contributed by atoms with Gasteiger partial charge in [-0.3, -0.25) is 4.79 Å². The second kappa shape index (κ2) is 7.39. The van der Waals surface area contributed by atoms with Crippen LogP contribution in [0.2, 0.25) is 0 Å². The Morgan fingerprint density at radius 2 is 1.90 bits per heavy atom. The summed E-state index contributed by atoms with van der Waals surface area (Å²) in [6.45, 7) is 9.12. The molecule has 0 bridgehead atoms. The van der Waals surface area contributed by atoms with Crippen molar-refractivity contribution in [3.05, 3.63) is 57.4 Å². The van der Waals surface area contributed by atoms with Crippen LogP contribution in [0.15, 0.2) is 17.7 Å². The molecule has 2 N–H and O–H groups in total.